The third-order valence-corrected chi connectivity index (χ3v) is 4.15. The molecule has 0 fully saturated rings. The first kappa shape index (κ1) is 16.2. The van der Waals surface area contributed by atoms with Crippen LogP contribution in [0.2, 0.25) is 0 Å². The van der Waals surface area contributed by atoms with Gasteiger partial charge in [-0.2, -0.15) is 5.10 Å². The quantitative estimate of drug-likeness (QED) is 0.845. The molecule has 122 valence electrons. The van der Waals surface area contributed by atoms with Crippen LogP contribution in [0.4, 0.5) is 11.4 Å². The van der Waals surface area contributed by atoms with Crippen LogP contribution in [0.1, 0.15) is 6.42 Å². The van der Waals surface area contributed by atoms with Crippen molar-refractivity contribution in [1.82, 2.24) is 0 Å². The molecule has 3 N–H and O–H groups in total. The van der Waals surface area contributed by atoms with E-state index < -0.39 is 11.9 Å². The first-order valence-corrected chi connectivity index (χ1v) is 8.12. The number of nitrogens with two attached hydrogens (primary N) is 1. The minimum Gasteiger partial charge on any atom is -0.368 e. The number of carbonyl (C=O) groups excluding carboxylic acids is 2. The first-order chi connectivity index (χ1) is 11.5. The van der Waals surface area contributed by atoms with Crippen molar-refractivity contribution < 1.29 is 9.59 Å². The van der Waals surface area contributed by atoms with E-state index in [0.29, 0.717) is 11.4 Å². The third-order valence-electron chi connectivity index (χ3n) is 3.62. The van der Waals surface area contributed by atoms with Gasteiger partial charge in [-0.1, -0.05) is 34.1 Å². The topological polar surface area (TPSA) is 87.8 Å². The molecule has 0 aliphatic carbocycles. The molecule has 6 nitrogen and oxygen atoms in total. The van der Waals surface area contributed by atoms with Gasteiger partial charge < -0.3 is 11.1 Å². The summed E-state index contributed by atoms with van der Waals surface area (Å²) in [7, 11) is 0. The largest absolute Gasteiger partial charge is 0.368 e. The molecule has 7 heteroatoms. The van der Waals surface area contributed by atoms with Crippen LogP contribution in [0.15, 0.2) is 64.2 Å². The number of anilines is 2. The summed E-state index contributed by atoms with van der Waals surface area (Å²) in [6.45, 7) is 0. The number of hydrazone groups is 1. The molecule has 0 spiro atoms. The molecular weight excluding hydrogens is 372 g/mol. The number of primary amides is 1. The van der Waals surface area contributed by atoms with Gasteiger partial charge in [0.15, 0.2) is 0 Å². The Bertz CT molecular complexity index is 790. The average molecular weight is 387 g/mol. The van der Waals surface area contributed by atoms with Gasteiger partial charge in [-0.3, -0.25) is 14.6 Å². The lowest BCUT2D eigenvalue weighted by atomic mass is 10.1. The molecular formula is C17H15BrN4O2. The molecule has 3 rings (SSSR count). The zero-order valence-electron chi connectivity index (χ0n) is 12.6. The normalized spacial score (nSPS) is 16.6. The summed E-state index contributed by atoms with van der Waals surface area (Å²) in [6, 6.07) is 15.7. The lowest BCUT2D eigenvalue weighted by Crippen LogP contribution is -2.39. The van der Waals surface area contributed by atoms with Gasteiger partial charge in [-0.05, 0) is 36.4 Å². The van der Waals surface area contributed by atoms with E-state index in [1.165, 1.54) is 5.01 Å². The Morgan fingerprint density at radius 1 is 1.12 bits per heavy atom. The number of halogens is 1. The number of rotatable bonds is 4. The van der Waals surface area contributed by atoms with Crippen LogP contribution in [0, 0.1) is 0 Å². The smallest absolute Gasteiger partial charge is 0.271 e. The van der Waals surface area contributed by atoms with Crippen LogP contribution in [0.25, 0.3) is 0 Å². The molecule has 2 aromatic rings. The highest BCUT2D eigenvalue weighted by Gasteiger charge is 2.34. The molecule has 0 bridgehead atoms. The van der Waals surface area contributed by atoms with Gasteiger partial charge in [0.05, 0.1) is 5.69 Å². The van der Waals surface area contributed by atoms with E-state index in [9.17, 15) is 9.59 Å². The summed E-state index contributed by atoms with van der Waals surface area (Å²) in [5.41, 5.74) is 7.10. The van der Waals surface area contributed by atoms with E-state index in [1.54, 1.807) is 12.1 Å². The molecule has 1 aliphatic heterocycles. The molecule has 1 unspecified atom stereocenters. The highest BCUT2D eigenvalue weighted by Crippen LogP contribution is 2.25. The second-order valence-electron chi connectivity index (χ2n) is 5.31. The Morgan fingerprint density at radius 3 is 2.42 bits per heavy atom. The molecule has 0 saturated carbocycles. The number of para-hydroxylation sites is 1. The molecule has 2 aromatic carbocycles. The highest BCUT2D eigenvalue weighted by molar-refractivity contribution is 9.10. The summed E-state index contributed by atoms with van der Waals surface area (Å²) in [5.74, 6) is -0.865. The van der Waals surface area contributed by atoms with Gasteiger partial charge in [0.2, 0.25) is 5.91 Å². The fourth-order valence-corrected chi connectivity index (χ4v) is 2.69. The summed E-state index contributed by atoms with van der Waals surface area (Å²) in [5, 5.41) is 8.57. The fraction of sp³-hybridized carbons (Fsp3) is 0.118. The van der Waals surface area contributed by atoms with E-state index >= 15 is 0 Å². The molecule has 24 heavy (non-hydrogen) atoms. The van der Waals surface area contributed by atoms with Gasteiger partial charge in [-0.25, -0.2) is 0 Å². The zero-order chi connectivity index (χ0) is 17.1. The van der Waals surface area contributed by atoms with Crippen LogP contribution < -0.4 is 16.1 Å². The number of benzene rings is 2. The summed E-state index contributed by atoms with van der Waals surface area (Å²) < 4.78 is 0.919. The van der Waals surface area contributed by atoms with Crippen LogP contribution >= 0.6 is 15.9 Å². The monoisotopic (exact) mass is 386 g/mol. The molecule has 2 amide bonds. The van der Waals surface area contributed by atoms with Crippen molar-refractivity contribution >= 4 is 44.8 Å². The predicted molar refractivity (Wildman–Crippen MR) is 96.7 cm³/mol. The summed E-state index contributed by atoms with van der Waals surface area (Å²) >= 11 is 3.34. The SMILES string of the molecule is NC(=O)C1CC(C(=O)Nc2ccc(Br)cc2)=NN1c1ccccc1. The van der Waals surface area contributed by atoms with Gasteiger partial charge in [0.25, 0.3) is 5.91 Å². The lowest BCUT2D eigenvalue weighted by molar-refractivity contribution is -0.119. The third kappa shape index (κ3) is 3.46. The summed E-state index contributed by atoms with van der Waals surface area (Å²) in [6.07, 6.45) is 0.173. The van der Waals surface area contributed by atoms with Crippen LogP contribution in [-0.2, 0) is 9.59 Å². The second-order valence-corrected chi connectivity index (χ2v) is 6.23. The molecule has 1 aliphatic rings. The van der Waals surface area contributed by atoms with Crippen molar-refractivity contribution in [2.24, 2.45) is 10.8 Å². The zero-order valence-corrected chi connectivity index (χ0v) is 14.2. The van der Waals surface area contributed by atoms with E-state index in [-0.39, 0.29) is 18.0 Å². The Morgan fingerprint density at radius 2 is 1.79 bits per heavy atom. The fourth-order valence-electron chi connectivity index (χ4n) is 2.42. The van der Waals surface area contributed by atoms with Crippen LogP contribution in [0.5, 0.6) is 0 Å². The second kappa shape index (κ2) is 6.84. The standard InChI is InChI=1S/C17H15BrN4O2/c18-11-6-8-12(9-7-11)20-17(24)14-10-15(16(19)23)22(21-14)13-4-2-1-3-5-13/h1-9,15H,10H2,(H2,19,23)(H,20,24). The first-order valence-electron chi connectivity index (χ1n) is 7.32. The van der Waals surface area contributed by atoms with Crippen molar-refractivity contribution in [3.05, 3.63) is 59.1 Å². The number of nitrogens with zero attached hydrogens (tertiary/aromatic N) is 2. The van der Waals surface area contributed by atoms with Crippen molar-refractivity contribution in [2.45, 2.75) is 12.5 Å². The summed E-state index contributed by atoms with van der Waals surface area (Å²) in [4.78, 5) is 24.1. The number of amides is 2. The van der Waals surface area contributed by atoms with Crippen molar-refractivity contribution in [3.8, 4) is 0 Å². The molecule has 0 saturated heterocycles. The molecule has 0 radical (unpaired) electrons. The lowest BCUT2D eigenvalue weighted by Gasteiger charge is -2.20. The number of hydrogen-bond donors (Lipinski definition) is 2. The molecule has 1 atom stereocenters. The number of carbonyl (C=O) groups is 2. The predicted octanol–water partition coefficient (Wildman–Crippen LogP) is 2.51. The van der Waals surface area contributed by atoms with Gasteiger partial charge >= 0.3 is 0 Å². The molecule has 0 aromatic heterocycles. The van der Waals surface area contributed by atoms with Crippen LogP contribution in [-0.4, -0.2) is 23.6 Å². The van der Waals surface area contributed by atoms with Gasteiger partial charge in [0.1, 0.15) is 11.8 Å². The Kier molecular flexibility index (Phi) is 4.61. The van der Waals surface area contributed by atoms with Crippen LogP contribution in [0.3, 0.4) is 0 Å². The Labute approximate surface area is 147 Å². The van der Waals surface area contributed by atoms with Crippen molar-refractivity contribution in [2.75, 3.05) is 10.3 Å². The number of hydrogen-bond acceptors (Lipinski definition) is 4. The van der Waals surface area contributed by atoms with E-state index in [4.69, 9.17) is 5.73 Å². The average Bonchev–Trinajstić information content (AvgIpc) is 3.03. The Hall–Kier alpha value is -2.67. The van der Waals surface area contributed by atoms with E-state index in [2.05, 4.69) is 26.3 Å². The maximum absolute atomic E-state index is 12.4. The maximum Gasteiger partial charge on any atom is 0.271 e. The van der Waals surface area contributed by atoms with E-state index in [1.807, 2.05) is 42.5 Å². The maximum atomic E-state index is 12.4. The Balaban J connectivity index is 1.81. The van der Waals surface area contributed by atoms with Crippen molar-refractivity contribution in [3.63, 3.8) is 0 Å². The van der Waals surface area contributed by atoms with Gasteiger partial charge in [-0.15, -0.1) is 0 Å². The highest BCUT2D eigenvalue weighted by atomic mass is 79.9. The van der Waals surface area contributed by atoms with Gasteiger partial charge in [0, 0.05) is 16.6 Å². The number of nitrogens with one attached hydrogen (secondary N) is 1. The van der Waals surface area contributed by atoms with Crippen molar-refractivity contribution in [1.29, 1.82) is 0 Å². The minimum atomic E-state index is -0.668. The minimum absolute atomic E-state index is 0.173. The molecule has 1 heterocycles. The van der Waals surface area contributed by atoms with E-state index in [0.717, 1.165) is 4.47 Å².